The predicted molar refractivity (Wildman–Crippen MR) is 71.6 cm³/mol. The van der Waals surface area contributed by atoms with E-state index in [4.69, 9.17) is 4.74 Å². The highest BCUT2D eigenvalue weighted by molar-refractivity contribution is 5.98. The third kappa shape index (κ3) is 3.73. The number of carbonyl (C=O) groups excluding carboxylic acids is 1. The summed E-state index contributed by atoms with van der Waals surface area (Å²) in [7, 11) is 0. The molecule has 0 heterocycles. The molecule has 2 nitrogen and oxygen atoms in total. The van der Waals surface area contributed by atoms with E-state index in [0.29, 0.717) is 12.2 Å². The quantitative estimate of drug-likeness (QED) is 0.767. The van der Waals surface area contributed by atoms with Gasteiger partial charge in [0, 0.05) is 5.56 Å². The van der Waals surface area contributed by atoms with Crippen LogP contribution < -0.4 is 0 Å². The standard InChI is InChI=1S/C16H15FO2/c1-12-7-8-14(17)9-15(12)16(18)11-19-10-13-5-3-2-4-6-13/h2-9H,10-11H2,1H3. The first-order chi connectivity index (χ1) is 9.16. The summed E-state index contributed by atoms with van der Waals surface area (Å²) < 4.78 is 18.5. The van der Waals surface area contributed by atoms with Crippen LogP contribution in [0.25, 0.3) is 0 Å². The van der Waals surface area contributed by atoms with Crippen molar-refractivity contribution in [1.82, 2.24) is 0 Å². The van der Waals surface area contributed by atoms with Crippen molar-refractivity contribution < 1.29 is 13.9 Å². The summed E-state index contributed by atoms with van der Waals surface area (Å²) in [4.78, 5) is 11.9. The van der Waals surface area contributed by atoms with Crippen LogP contribution in [0, 0.1) is 12.7 Å². The van der Waals surface area contributed by atoms with Gasteiger partial charge < -0.3 is 4.74 Å². The number of ether oxygens (including phenoxy) is 1. The lowest BCUT2D eigenvalue weighted by Gasteiger charge is -2.06. The molecule has 0 aliphatic heterocycles. The first kappa shape index (κ1) is 13.4. The minimum Gasteiger partial charge on any atom is -0.369 e. The normalized spacial score (nSPS) is 10.4. The van der Waals surface area contributed by atoms with Crippen LogP contribution in [0.2, 0.25) is 0 Å². The van der Waals surface area contributed by atoms with Crippen molar-refractivity contribution in [3.05, 3.63) is 71.0 Å². The van der Waals surface area contributed by atoms with Crippen LogP contribution in [-0.4, -0.2) is 12.4 Å². The minimum atomic E-state index is -0.406. The Morgan fingerprint density at radius 3 is 2.63 bits per heavy atom. The fraction of sp³-hybridized carbons (Fsp3) is 0.188. The molecular formula is C16H15FO2. The molecule has 0 saturated heterocycles. The third-order valence-electron chi connectivity index (χ3n) is 2.84. The third-order valence-corrected chi connectivity index (χ3v) is 2.84. The Bertz CT molecular complexity index is 564. The van der Waals surface area contributed by atoms with Gasteiger partial charge in [-0.3, -0.25) is 4.79 Å². The molecule has 2 aromatic rings. The minimum absolute atomic E-state index is 0.0425. The van der Waals surface area contributed by atoms with Gasteiger partial charge in [0.2, 0.25) is 0 Å². The Morgan fingerprint density at radius 1 is 1.16 bits per heavy atom. The fourth-order valence-corrected chi connectivity index (χ4v) is 1.81. The van der Waals surface area contributed by atoms with Gasteiger partial charge in [-0.2, -0.15) is 0 Å². The zero-order chi connectivity index (χ0) is 13.7. The maximum atomic E-state index is 13.1. The van der Waals surface area contributed by atoms with Crippen molar-refractivity contribution in [2.75, 3.05) is 6.61 Å². The van der Waals surface area contributed by atoms with Crippen LogP contribution in [0.5, 0.6) is 0 Å². The van der Waals surface area contributed by atoms with Gasteiger partial charge in [0.1, 0.15) is 12.4 Å². The van der Waals surface area contributed by atoms with E-state index in [1.165, 1.54) is 12.1 Å². The van der Waals surface area contributed by atoms with E-state index < -0.39 is 5.82 Å². The van der Waals surface area contributed by atoms with Crippen LogP contribution in [0.15, 0.2) is 48.5 Å². The van der Waals surface area contributed by atoms with E-state index in [1.54, 1.807) is 13.0 Å². The summed E-state index contributed by atoms with van der Waals surface area (Å²) in [6, 6.07) is 13.8. The van der Waals surface area contributed by atoms with Crippen molar-refractivity contribution in [3.63, 3.8) is 0 Å². The fourth-order valence-electron chi connectivity index (χ4n) is 1.81. The number of Topliss-reactive ketones (excluding diaryl/α,β-unsaturated/α-hetero) is 1. The molecule has 2 rings (SSSR count). The molecule has 0 N–H and O–H groups in total. The molecule has 0 fully saturated rings. The highest BCUT2D eigenvalue weighted by atomic mass is 19.1. The van der Waals surface area contributed by atoms with Gasteiger partial charge in [-0.1, -0.05) is 36.4 Å². The number of hydrogen-bond donors (Lipinski definition) is 0. The highest BCUT2D eigenvalue weighted by Crippen LogP contribution is 2.11. The number of rotatable bonds is 5. The summed E-state index contributed by atoms with van der Waals surface area (Å²) in [5, 5.41) is 0. The molecule has 2 aromatic carbocycles. The smallest absolute Gasteiger partial charge is 0.188 e. The number of carbonyl (C=O) groups is 1. The largest absolute Gasteiger partial charge is 0.369 e. The molecule has 0 bridgehead atoms. The van der Waals surface area contributed by atoms with E-state index in [1.807, 2.05) is 30.3 Å². The molecule has 0 saturated carbocycles. The van der Waals surface area contributed by atoms with Crippen molar-refractivity contribution in [1.29, 1.82) is 0 Å². The number of halogens is 1. The molecule has 0 aliphatic carbocycles. The number of aryl methyl sites for hydroxylation is 1. The maximum Gasteiger partial charge on any atom is 0.188 e. The lowest BCUT2D eigenvalue weighted by atomic mass is 10.1. The van der Waals surface area contributed by atoms with E-state index in [2.05, 4.69) is 0 Å². The van der Waals surface area contributed by atoms with Gasteiger partial charge >= 0.3 is 0 Å². The van der Waals surface area contributed by atoms with Crippen molar-refractivity contribution in [3.8, 4) is 0 Å². The molecular weight excluding hydrogens is 243 g/mol. The van der Waals surface area contributed by atoms with E-state index in [-0.39, 0.29) is 12.4 Å². The molecule has 0 unspecified atom stereocenters. The molecule has 0 spiro atoms. The average molecular weight is 258 g/mol. The van der Waals surface area contributed by atoms with Crippen LogP contribution >= 0.6 is 0 Å². The average Bonchev–Trinajstić information content (AvgIpc) is 2.42. The van der Waals surface area contributed by atoms with Crippen molar-refractivity contribution >= 4 is 5.78 Å². The molecule has 0 aromatic heterocycles. The van der Waals surface area contributed by atoms with Crippen molar-refractivity contribution in [2.45, 2.75) is 13.5 Å². The second-order valence-electron chi connectivity index (χ2n) is 4.36. The molecule has 19 heavy (non-hydrogen) atoms. The predicted octanol–water partition coefficient (Wildman–Crippen LogP) is 3.53. The first-order valence-corrected chi connectivity index (χ1v) is 6.08. The van der Waals surface area contributed by atoms with Crippen LogP contribution in [0.3, 0.4) is 0 Å². The van der Waals surface area contributed by atoms with Gasteiger partial charge in [0.05, 0.1) is 6.61 Å². The summed E-state index contributed by atoms with van der Waals surface area (Å²) in [6.07, 6.45) is 0. The van der Waals surface area contributed by atoms with Crippen LogP contribution in [0.4, 0.5) is 4.39 Å². The molecule has 0 amide bonds. The number of benzene rings is 2. The highest BCUT2D eigenvalue weighted by Gasteiger charge is 2.10. The summed E-state index contributed by atoms with van der Waals surface area (Å²) >= 11 is 0. The maximum absolute atomic E-state index is 13.1. The second-order valence-corrected chi connectivity index (χ2v) is 4.36. The topological polar surface area (TPSA) is 26.3 Å². The Labute approximate surface area is 111 Å². The number of hydrogen-bond acceptors (Lipinski definition) is 2. The van der Waals surface area contributed by atoms with E-state index in [9.17, 15) is 9.18 Å². The molecule has 0 atom stereocenters. The summed E-state index contributed by atoms with van der Waals surface area (Å²) in [5.41, 5.74) is 2.15. The van der Waals surface area contributed by atoms with Gasteiger partial charge in [-0.25, -0.2) is 4.39 Å². The molecule has 98 valence electrons. The SMILES string of the molecule is Cc1ccc(F)cc1C(=O)COCc1ccccc1. The van der Waals surface area contributed by atoms with Gasteiger partial charge in [0.25, 0.3) is 0 Å². The lowest BCUT2D eigenvalue weighted by Crippen LogP contribution is -2.11. The Kier molecular flexibility index (Phi) is 4.42. The van der Waals surface area contributed by atoms with Crippen molar-refractivity contribution in [2.24, 2.45) is 0 Å². The second kappa shape index (κ2) is 6.25. The van der Waals surface area contributed by atoms with Gasteiger partial charge in [-0.15, -0.1) is 0 Å². The number of ketones is 1. The Balaban J connectivity index is 1.93. The monoisotopic (exact) mass is 258 g/mol. The Hall–Kier alpha value is -2.00. The summed E-state index contributed by atoms with van der Waals surface area (Å²) in [6.45, 7) is 2.12. The first-order valence-electron chi connectivity index (χ1n) is 6.08. The zero-order valence-electron chi connectivity index (χ0n) is 10.7. The van der Waals surface area contributed by atoms with E-state index >= 15 is 0 Å². The Morgan fingerprint density at radius 2 is 1.89 bits per heavy atom. The lowest BCUT2D eigenvalue weighted by molar-refractivity contribution is 0.0725. The van der Waals surface area contributed by atoms with Gasteiger partial charge in [-0.05, 0) is 30.2 Å². The molecule has 0 radical (unpaired) electrons. The van der Waals surface area contributed by atoms with Crippen LogP contribution in [0.1, 0.15) is 21.5 Å². The molecule has 0 aliphatic rings. The van der Waals surface area contributed by atoms with E-state index in [0.717, 1.165) is 11.1 Å². The van der Waals surface area contributed by atoms with Crippen LogP contribution in [-0.2, 0) is 11.3 Å². The van der Waals surface area contributed by atoms with Gasteiger partial charge in [0.15, 0.2) is 5.78 Å². The summed E-state index contributed by atoms with van der Waals surface area (Å²) in [5.74, 6) is -0.607. The molecule has 3 heteroatoms. The zero-order valence-corrected chi connectivity index (χ0v) is 10.7.